The minimum atomic E-state index is -0.542. The number of carbonyl (C=O) groups is 1. The summed E-state index contributed by atoms with van der Waals surface area (Å²) in [5.41, 5.74) is 0.815. The van der Waals surface area contributed by atoms with Crippen molar-refractivity contribution < 1.29 is 13.9 Å². The number of nitrogens with one attached hydrogen (secondary N) is 1. The van der Waals surface area contributed by atoms with Gasteiger partial charge in [0, 0.05) is 0 Å². The first kappa shape index (κ1) is 20.2. The van der Waals surface area contributed by atoms with Crippen LogP contribution in [-0.4, -0.2) is 26.0 Å². The zero-order valence-electron chi connectivity index (χ0n) is 15.4. The van der Waals surface area contributed by atoms with Crippen LogP contribution in [0.15, 0.2) is 53.7 Å². The molecule has 29 heavy (non-hydrogen) atoms. The van der Waals surface area contributed by atoms with Crippen LogP contribution in [0, 0.1) is 17.1 Å². The minimum Gasteiger partial charge on any atom is -0.486 e. The third kappa shape index (κ3) is 5.03. The normalized spacial score (nSPS) is 11.5. The Hall–Kier alpha value is -3.58. The maximum absolute atomic E-state index is 12.9. The van der Waals surface area contributed by atoms with E-state index in [1.807, 2.05) is 6.07 Å². The van der Waals surface area contributed by atoms with Gasteiger partial charge in [-0.1, -0.05) is 23.9 Å². The number of amides is 1. The molecule has 0 bridgehead atoms. The topological polar surface area (TPSA) is 119 Å². The van der Waals surface area contributed by atoms with E-state index in [-0.39, 0.29) is 18.3 Å². The van der Waals surface area contributed by atoms with Crippen molar-refractivity contribution in [2.24, 2.45) is 0 Å². The largest absolute Gasteiger partial charge is 0.486 e. The van der Waals surface area contributed by atoms with Gasteiger partial charge in [0.1, 0.15) is 24.2 Å². The molecule has 1 aromatic heterocycles. The highest BCUT2D eigenvalue weighted by molar-refractivity contribution is 8.00. The van der Waals surface area contributed by atoms with Crippen LogP contribution >= 0.6 is 11.8 Å². The first-order chi connectivity index (χ1) is 14.0. The first-order valence-corrected chi connectivity index (χ1v) is 9.40. The third-order valence-corrected chi connectivity index (χ3v) is 4.93. The van der Waals surface area contributed by atoms with Gasteiger partial charge in [0.15, 0.2) is 5.82 Å². The average molecular weight is 412 g/mol. The molecule has 0 saturated carbocycles. The van der Waals surface area contributed by atoms with E-state index in [1.165, 1.54) is 28.9 Å². The third-order valence-electron chi connectivity index (χ3n) is 3.87. The summed E-state index contributed by atoms with van der Waals surface area (Å²) in [5.74, 6) is 6.15. The second kappa shape index (κ2) is 9.07. The Bertz CT molecular complexity index is 1050. The van der Waals surface area contributed by atoms with Crippen LogP contribution < -0.4 is 15.9 Å². The SMILES string of the molecule is C[C@H](Sc1nnc(COc2ccc(F)cc2)n1N)C(=O)Nc1ccccc1C#N. The van der Waals surface area contributed by atoms with Gasteiger partial charge < -0.3 is 15.9 Å². The molecule has 148 valence electrons. The molecule has 3 N–H and O–H groups in total. The lowest BCUT2D eigenvalue weighted by molar-refractivity contribution is -0.115. The van der Waals surface area contributed by atoms with Crippen LogP contribution in [0.25, 0.3) is 0 Å². The molecule has 0 aliphatic carbocycles. The Morgan fingerprint density at radius 3 is 2.76 bits per heavy atom. The van der Waals surface area contributed by atoms with Crippen molar-refractivity contribution in [2.45, 2.75) is 23.9 Å². The number of rotatable bonds is 7. The summed E-state index contributed by atoms with van der Waals surface area (Å²) in [6.45, 7) is 1.73. The van der Waals surface area contributed by atoms with Gasteiger partial charge in [-0.15, -0.1) is 10.2 Å². The maximum atomic E-state index is 12.9. The van der Waals surface area contributed by atoms with E-state index in [2.05, 4.69) is 15.5 Å². The van der Waals surface area contributed by atoms with Gasteiger partial charge >= 0.3 is 0 Å². The molecule has 0 aliphatic heterocycles. The van der Waals surface area contributed by atoms with Gasteiger partial charge in [-0.25, -0.2) is 9.07 Å². The molecule has 1 amide bonds. The molecule has 0 fully saturated rings. The summed E-state index contributed by atoms with van der Waals surface area (Å²) in [5, 5.41) is 19.6. The Labute approximate surface area is 170 Å². The van der Waals surface area contributed by atoms with Gasteiger partial charge in [0.2, 0.25) is 11.1 Å². The molecule has 0 aliphatic rings. The maximum Gasteiger partial charge on any atom is 0.237 e. The molecule has 0 unspecified atom stereocenters. The van der Waals surface area contributed by atoms with E-state index in [0.29, 0.717) is 28.0 Å². The molecule has 3 aromatic rings. The monoisotopic (exact) mass is 412 g/mol. The molecule has 3 rings (SSSR count). The summed E-state index contributed by atoms with van der Waals surface area (Å²) in [7, 11) is 0. The van der Waals surface area contributed by atoms with Crippen molar-refractivity contribution >= 4 is 23.4 Å². The lowest BCUT2D eigenvalue weighted by atomic mass is 10.2. The fourth-order valence-electron chi connectivity index (χ4n) is 2.30. The average Bonchev–Trinajstić information content (AvgIpc) is 3.07. The van der Waals surface area contributed by atoms with E-state index >= 15 is 0 Å². The number of hydrogen-bond donors (Lipinski definition) is 2. The molecule has 8 nitrogen and oxygen atoms in total. The zero-order chi connectivity index (χ0) is 20.8. The lowest BCUT2D eigenvalue weighted by Gasteiger charge is -2.12. The number of thioether (sulfide) groups is 1. The minimum absolute atomic E-state index is 0.0335. The lowest BCUT2D eigenvalue weighted by Crippen LogP contribution is -2.24. The predicted molar refractivity (Wildman–Crippen MR) is 106 cm³/mol. The molecular formula is C19H17FN6O2S. The first-order valence-electron chi connectivity index (χ1n) is 8.52. The Morgan fingerprint density at radius 1 is 1.31 bits per heavy atom. The number of nitrogen functional groups attached to an aromatic ring is 1. The summed E-state index contributed by atoms with van der Waals surface area (Å²) in [6.07, 6.45) is 0. The highest BCUT2D eigenvalue weighted by Gasteiger charge is 2.20. The Morgan fingerprint density at radius 2 is 2.03 bits per heavy atom. The van der Waals surface area contributed by atoms with Gasteiger partial charge in [0.25, 0.3) is 0 Å². The van der Waals surface area contributed by atoms with E-state index in [1.54, 1.807) is 31.2 Å². The fraction of sp³-hybridized carbons (Fsp3) is 0.158. The second-order valence-electron chi connectivity index (χ2n) is 5.92. The van der Waals surface area contributed by atoms with Crippen molar-refractivity contribution in [3.8, 4) is 11.8 Å². The summed E-state index contributed by atoms with van der Waals surface area (Å²) >= 11 is 1.12. The number of para-hydroxylation sites is 1. The molecule has 1 atom stereocenters. The van der Waals surface area contributed by atoms with Crippen LogP contribution in [0.2, 0.25) is 0 Å². The van der Waals surface area contributed by atoms with Crippen LogP contribution in [0.4, 0.5) is 10.1 Å². The number of anilines is 1. The number of hydrogen-bond acceptors (Lipinski definition) is 7. The summed E-state index contributed by atoms with van der Waals surface area (Å²) in [4.78, 5) is 12.4. The van der Waals surface area contributed by atoms with E-state index in [0.717, 1.165) is 11.8 Å². The van der Waals surface area contributed by atoms with Gasteiger partial charge in [-0.2, -0.15) is 5.26 Å². The van der Waals surface area contributed by atoms with Gasteiger partial charge in [-0.05, 0) is 43.3 Å². The Kier molecular flexibility index (Phi) is 6.31. The number of nitriles is 1. The van der Waals surface area contributed by atoms with Crippen molar-refractivity contribution in [1.29, 1.82) is 5.26 Å². The smallest absolute Gasteiger partial charge is 0.237 e. The van der Waals surface area contributed by atoms with Gasteiger partial charge in [-0.3, -0.25) is 4.79 Å². The van der Waals surface area contributed by atoms with Gasteiger partial charge in [0.05, 0.1) is 16.5 Å². The van der Waals surface area contributed by atoms with Crippen molar-refractivity contribution in [3.05, 3.63) is 65.7 Å². The number of benzene rings is 2. The quantitative estimate of drug-likeness (QED) is 0.452. The van der Waals surface area contributed by atoms with E-state index in [4.69, 9.17) is 15.8 Å². The number of carbonyl (C=O) groups excluding carboxylic acids is 1. The summed E-state index contributed by atoms with van der Waals surface area (Å²) < 4.78 is 19.7. The molecule has 2 aromatic carbocycles. The second-order valence-corrected chi connectivity index (χ2v) is 7.23. The number of halogens is 1. The van der Waals surface area contributed by atoms with Crippen LogP contribution in [0.1, 0.15) is 18.3 Å². The number of nitrogens with two attached hydrogens (primary N) is 1. The molecule has 10 heteroatoms. The van der Waals surface area contributed by atoms with Crippen LogP contribution in [0.3, 0.4) is 0 Å². The van der Waals surface area contributed by atoms with Crippen molar-refractivity contribution in [3.63, 3.8) is 0 Å². The number of nitrogens with zero attached hydrogens (tertiary/aromatic N) is 4. The summed E-state index contributed by atoms with van der Waals surface area (Å²) in [6, 6.07) is 14.3. The van der Waals surface area contributed by atoms with E-state index in [9.17, 15) is 9.18 Å². The van der Waals surface area contributed by atoms with Crippen LogP contribution in [0.5, 0.6) is 5.75 Å². The molecular weight excluding hydrogens is 395 g/mol. The number of ether oxygens (including phenoxy) is 1. The molecule has 0 saturated heterocycles. The highest BCUT2D eigenvalue weighted by atomic mass is 32.2. The Balaban J connectivity index is 1.60. The zero-order valence-corrected chi connectivity index (χ0v) is 16.2. The molecule has 0 spiro atoms. The van der Waals surface area contributed by atoms with Crippen LogP contribution in [-0.2, 0) is 11.4 Å². The molecule has 0 radical (unpaired) electrons. The predicted octanol–water partition coefficient (Wildman–Crippen LogP) is 2.70. The van der Waals surface area contributed by atoms with Crippen molar-refractivity contribution in [2.75, 3.05) is 11.2 Å². The number of aromatic nitrogens is 3. The molecule has 1 heterocycles. The fourth-order valence-corrected chi connectivity index (χ4v) is 3.09. The standard InChI is InChI=1S/C19H17FN6O2S/c1-12(18(27)23-16-5-3-2-4-13(16)10-21)29-19-25-24-17(26(19)22)11-28-15-8-6-14(20)7-9-15/h2-9,12H,11,22H2,1H3,(H,23,27)/t12-/m0/s1. The highest BCUT2D eigenvalue weighted by Crippen LogP contribution is 2.23. The van der Waals surface area contributed by atoms with E-state index < -0.39 is 5.25 Å². The van der Waals surface area contributed by atoms with Crippen molar-refractivity contribution in [1.82, 2.24) is 14.9 Å².